The molecule has 9 heteroatoms. The van der Waals surface area contributed by atoms with Crippen LogP contribution in [0.4, 0.5) is 5.69 Å². The Morgan fingerprint density at radius 1 is 1.30 bits per heavy atom. The van der Waals surface area contributed by atoms with Crippen LogP contribution in [0.2, 0.25) is 5.02 Å². The molecule has 8 nitrogen and oxygen atoms in total. The van der Waals surface area contributed by atoms with Gasteiger partial charge in [0.05, 0.1) is 4.92 Å². The molecular formula is C14H12ClNO7. The predicted octanol–water partition coefficient (Wildman–Crippen LogP) is 2.44. The first kappa shape index (κ1) is 16.8. The van der Waals surface area contributed by atoms with Gasteiger partial charge in [0.2, 0.25) is 0 Å². The summed E-state index contributed by atoms with van der Waals surface area (Å²) < 4.78 is 9.71. The van der Waals surface area contributed by atoms with E-state index >= 15 is 0 Å². The summed E-state index contributed by atoms with van der Waals surface area (Å²) in [5, 5.41) is 21.2. The Labute approximate surface area is 135 Å². The van der Waals surface area contributed by atoms with Crippen molar-refractivity contribution in [3.05, 3.63) is 50.2 Å². The third-order valence-electron chi connectivity index (χ3n) is 2.97. The number of hydrogen-bond donors (Lipinski definition) is 1. The summed E-state index contributed by atoms with van der Waals surface area (Å²) >= 11 is 5.78. The van der Waals surface area contributed by atoms with Crippen molar-refractivity contribution in [3.63, 3.8) is 0 Å². The number of cyclic esters (lactones) is 2. The van der Waals surface area contributed by atoms with E-state index in [1.165, 1.54) is 26.0 Å². The van der Waals surface area contributed by atoms with Gasteiger partial charge in [-0.05, 0) is 12.1 Å². The molecule has 23 heavy (non-hydrogen) atoms. The number of esters is 2. The van der Waals surface area contributed by atoms with Crippen molar-refractivity contribution in [2.45, 2.75) is 26.1 Å². The minimum atomic E-state index is -1.44. The normalized spacial score (nSPS) is 16.6. The number of nitro benzene ring substituents is 1. The van der Waals surface area contributed by atoms with Gasteiger partial charge in [-0.25, -0.2) is 9.59 Å². The number of carbonyl (C=O) groups is 2. The van der Waals surface area contributed by atoms with Crippen molar-refractivity contribution < 1.29 is 29.1 Å². The van der Waals surface area contributed by atoms with Crippen molar-refractivity contribution in [3.8, 4) is 0 Å². The molecule has 0 atom stereocenters. The van der Waals surface area contributed by atoms with Crippen LogP contribution in [0.5, 0.6) is 0 Å². The maximum atomic E-state index is 11.8. The summed E-state index contributed by atoms with van der Waals surface area (Å²) in [6.07, 6.45) is -0.448. The number of carbonyl (C=O) groups excluding carboxylic acids is 2. The highest BCUT2D eigenvalue weighted by atomic mass is 35.5. The van der Waals surface area contributed by atoms with Crippen LogP contribution in [-0.2, 0) is 25.5 Å². The van der Waals surface area contributed by atoms with E-state index in [4.69, 9.17) is 21.1 Å². The molecule has 0 aromatic heterocycles. The molecule has 0 spiro atoms. The number of ether oxygens (including phenoxy) is 2. The zero-order valence-electron chi connectivity index (χ0n) is 12.2. The number of aliphatic hydroxyl groups excluding tert-OH is 1. The van der Waals surface area contributed by atoms with Gasteiger partial charge < -0.3 is 14.6 Å². The van der Waals surface area contributed by atoms with Crippen LogP contribution in [-0.4, -0.2) is 27.8 Å². The third-order valence-corrected chi connectivity index (χ3v) is 3.21. The molecule has 1 heterocycles. The Morgan fingerprint density at radius 3 is 2.39 bits per heavy atom. The fourth-order valence-electron chi connectivity index (χ4n) is 2.03. The zero-order chi connectivity index (χ0) is 17.4. The number of nitro groups is 1. The number of nitrogens with zero attached hydrogens (tertiary/aromatic N) is 1. The van der Waals surface area contributed by atoms with Crippen molar-refractivity contribution in [2.75, 3.05) is 0 Å². The average Bonchev–Trinajstić information content (AvgIpc) is 2.35. The second-order valence-electron chi connectivity index (χ2n) is 5.21. The highest BCUT2D eigenvalue weighted by molar-refractivity contribution is 6.30. The van der Waals surface area contributed by atoms with E-state index in [1.807, 2.05) is 0 Å². The van der Waals surface area contributed by atoms with Gasteiger partial charge in [-0.3, -0.25) is 10.1 Å². The van der Waals surface area contributed by atoms with Crippen molar-refractivity contribution in [1.82, 2.24) is 0 Å². The summed E-state index contributed by atoms with van der Waals surface area (Å²) in [5.41, 5.74) is -0.962. The summed E-state index contributed by atoms with van der Waals surface area (Å²) in [4.78, 5) is 34.0. The fraction of sp³-hybridized carbons (Fsp3) is 0.286. The van der Waals surface area contributed by atoms with Gasteiger partial charge in [0.15, 0.2) is 5.57 Å². The molecule has 122 valence electrons. The minimum absolute atomic E-state index is 0.0398. The maximum Gasteiger partial charge on any atom is 0.352 e. The number of hydrogen-bond acceptors (Lipinski definition) is 7. The van der Waals surface area contributed by atoms with Crippen LogP contribution >= 0.6 is 11.6 Å². The molecule has 1 fully saturated rings. The van der Waals surface area contributed by atoms with Gasteiger partial charge >= 0.3 is 11.9 Å². The average molecular weight is 342 g/mol. The molecule has 0 bridgehead atoms. The first-order chi connectivity index (χ1) is 10.6. The number of halogens is 1. The summed E-state index contributed by atoms with van der Waals surface area (Å²) in [7, 11) is 0. The Kier molecular flexibility index (Phi) is 4.28. The summed E-state index contributed by atoms with van der Waals surface area (Å²) in [6.45, 7) is 2.72. The molecule has 0 aliphatic carbocycles. The van der Waals surface area contributed by atoms with Gasteiger partial charge in [0.1, 0.15) is 5.76 Å². The first-order valence-electron chi connectivity index (χ1n) is 6.42. The first-order valence-corrected chi connectivity index (χ1v) is 6.80. The number of rotatable bonds is 3. The zero-order valence-corrected chi connectivity index (χ0v) is 12.9. The van der Waals surface area contributed by atoms with Gasteiger partial charge in [-0.2, -0.15) is 0 Å². The SMILES string of the molecule is CC1(C)OC(=O)C(=C(O)Cc2cc(Cl)ccc2[N+](=O)[O-])C(=O)O1. The third kappa shape index (κ3) is 3.59. The molecule has 0 unspecified atom stereocenters. The predicted molar refractivity (Wildman–Crippen MR) is 77.7 cm³/mol. The van der Waals surface area contributed by atoms with Crippen LogP contribution in [0.3, 0.4) is 0 Å². The lowest BCUT2D eigenvalue weighted by molar-refractivity contribution is -0.385. The van der Waals surface area contributed by atoms with Crippen LogP contribution in [0.15, 0.2) is 29.5 Å². The van der Waals surface area contributed by atoms with E-state index in [2.05, 4.69) is 0 Å². The highest BCUT2D eigenvalue weighted by Gasteiger charge is 2.41. The summed E-state index contributed by atoms with van der Waals surface area (Å²) in [5.74, 6) is -4.26. The molecule has 1 aliphatic heterocycles. The second-order valence-corrected chi connectivity index (χ2v) is 5.64. The smallest absolute Gasteiger partial charge is 0.352 e. The monoisotopic (exact) mass is 341 g/mol. The lowest BCUT2D eigenvalue weighted by atomic mass is 10.0. The molecule has 1 aromatic carbocycles. The van der Waals surface area contributed by atoms with Gasteiger partial charge in [-0.15, -0.1) is 0 Å². The van der Waals surface area contributed by atoms with E-state index < -0.39 is 40.4 Å². The highest BCUT2D eigenvalue weighted by Crippen LogP contribution is 2.28. The molecule has 0 amide bonds. The lowest BCUT2D eigenvalue weighted by Gasteiger charge is -2.30. The Balaban J connectivity index is 2.40. The molecule has 2 rings (SSSR count). The standard InChI is InChI=1S/C14H12ClNO7/c1-14(2)22-12(18)11(13(19)23-14)10(17)6-7-5-8(15)3-4-9(7)16(20)21/h3-5,17H,6H2,1-2H3. The topological polar surface area (TPSA) is 116 Å². The molecule has 0 radical (unpaired) electrons. The van der Waals surface area contributed by atoms with E-state index in [1.54, 1.807) is 0 Å². The number of aliphatic hydroxyl groups is 1. The van der Waals surface area contributed by atoms with Crippen molar-refractivity contribution in [1.29, 1.82) is 0 Å². The molecular weight excluding hydrogens is 330 g/mol. The van der Waals surface area contributed by atoms with Gasteiger partial charge in [0, 0.05) is 36.9 Å². The van der Waals surface area contributed by atoms with E-state index in [0.717, 1.165) is 6.07 Å². The van der Waals surface area contributed by atoms with E-state index in [-0.39, 0.29) is 16.3 Å². The van der Waals surface area contributed by atoms with Gasteiger partial charge in [0.25, 0.3) is 11.5 Å². The van der Waals surface area contributed by atoms with Crippen LogP contribution in [0.1, 0.15) is 19.4 Å². The quantitative estimate of drug-likeness (QED) is 0.224. The van der Waals surface area contributed by atoms with E-state index in [0.29, 0.717) is 0 Å². The van der Waals surface area contributed by atoms with Crippen LogP contribution in [0.25, 0.3) is 0 Å². The van der Waals surface area contributed by atoms with E-state index in [9.17, 15) is 24.8 Å². The molecule has 0 saturated carbocycles. The minimum Gasteiger partial charge on any atom is -0.511 e. The van der Waals surface area contributed by atoms with Crippen molar-refractivity contribution in [2.24, 2.45) is 0 Å². The molecule has 1 aliphatic rings. The fourth-order valence-corrected chi connectivity index (χ4v) is 2.23. The number of benzene rings is 1. The maximum absolute atomic E-state index is 11.8. The van der Waals surface area contributed by atoms with Gasteiger partial charge in [-0.1, -0.05) is 11.6 Å². The Bertz CT molecular complexity index is 717. The Hall–Kier alpha value is -2.61. The molecule has 1 saturated heterocycles. The number of allylic oxidation sites excluding steroid dienone is 1. The molecule has 1 aromatic rings. The van der Waals surface area contributed by atoms with Crippen LogP contribution in [0, 0.1) is 10.1 Å². The largest absolute Gasteiger partial charge is 0.511 e. The second kappa shape index (κ2) is 5.88. The van der Waals surface area contributed by atoms with Crippen molar-refractivity contribution >= 4 is 29.2 Å². The van der Waals surface area contributed by atoms with Crippen LogP contribution < -0.4 is 0 Å². The summed E-state index contributed by atoms with van der Waals surface area (Å²) in [6, 6.07) is 3.75. The lowest BCUT2D eigenvalue weighted by Crippen LogP contribution is -2.42. The Morgan fingerprint density at radius 2 is 1.87 bits per heavy atom. The molecule has 1 N–H and O–H groups in total.